The van der Waals surface area contributed by atoms with Crippen LogP contribution in [0.2, 0.25) is 0 Å². The molecule has 1 aliphatic rings. The van der Waals surface area contributed by atoms with Crippen LogP contribution in [0, 0.1) is 22.7 Å². The van der Waals surface area contributed by atoms with Crippen molar-refractivity contribution < 1.29 is 0 Å². The van der Waals surface area contributed by atoms with Gasteiger partial charge in [-0.1, -0.05) is 52.9 Å². The molecule has 0 heterocycles. The van der Waals surface area contributed by atoms with E-state index in [0.717, 1.165) is 24.7 Å². The molecule has 0 aromatic carbocycles. The summed E-state index contributed by atoms with van der Waals surface area (Å²) in [6, 6.07) is 0. The smallest absolute Gasteiger partial charge is 0.0905 e. The van der Waals surface area contributed by atoms with Gasteiger partial charge in [0.1, 0.15) is 0 Å². The second-order valence-corrected chi connectivity index (χ2v) is 7.21. The average Bonchev–Trinajstić information content (AvgIpc) is 2.27. The summed E-state index contributed by atoms with van der Waals surface area (Å²) in [4.78, 5) is 0. The van der Waals surface area contributed by atoms with Gasteiger partial charge in [-0.05, 0) is 36.5 Å². The molecule has 0 saturated heterocycles. The van der Waals surface area contributed by atoms with Gasteiger partial charge in [-0.15, -0.1) is 0 Å². The number of nitrogens with two attached hydrogens (primary N) is 1. The Bertz CT molecular complexity index is 244. The summed E-state index contributed by atoms with van der Waals surface area (Å²) >= 11 is 0. The third kappa shape index (κ3) is 5.88. The number of hydrogen-bond donors (Lipinski definition) is 2. The lowest BCUT2D eigenvalue weighted by Crippen LogP contribution is -2.25. The van der Waals surface area contributed by atoms with E-state index in [2.05, 4.69) is 20.8 Å². The van der Waals surface area contributed by atoms with Crippen molar-refractivity contribution in [1.29, 1.82) is 5.41 Å². The van der Waals surface area contributed by atoms with Gasteiger partial charge in [0.15, 0.2) is 0 Å². The van der Waals surface area contributed by atoms with Crippen LogP contribution in [-0.2, 0) is 0 Å². The maximum absolute atomic E-state index is 7.18. The summed E-state index contributed by atoms with van der Waals surface area (Å²) in [5.41, 5.74) is 5.86. The fourth-order valence-electron chi connectivity index (χ4n) is 3.24. The van der Waals surface area contributed by atoms with Crippen molar-refractivity contribution in [2.45, 2.75) is 78.6 Å². The predicted octanol–water partition coefficient (Wildman–Crippen LogP) is 4.73. The SMILES string of the molecule is CC(C)(C)C1CCC(CCCCCC(=N)N)CC1. The van der Waals surface area contributed by atoms with E-state index in [9.17, 15) is 0 Å². The predicted molar refractivity (Wildman–Crippen MR) is 79.9 cm³/mol. The molecule has 0 atom stereocenters. The lowest BCUT2D eigenvalue weighted by Gasteiger charge is -2.37. The molecule has 1 fully saturated rings. The molecule has 0 amide bonds. The maximum atomic E-state index is 7.18. The summed E-state index contributed by atoms with van der Waals surface area (Å²) in [6.07, 6.45) is 11.6. The Hall–Kier alpha value is -0.530. The molecule has 1 aliphatic carbocycles. The minimum absolute atomic E-state index is 0.348. The topological polar surface area (TPSA) is 49.9 Å². The van der Waals surface area contributed by atoms with E-state index in [1.807, 2.05) is 0 Å². The Labute approximate surface area is 113 Å². The number of unbranched alkanes of at least 4 members (excludes halogenated alkanes) is 2. The van der Waals surface area contributed by atoms with Crippen LogP contribution in [-0.4, -0.2) is 5.84 Å². The molecule has 0 aromatic rings. The van der Waals surface area contributed by atoms with Crippen molar-refractivity contribution in [2.75, 3.05) is 0 Å². The molecule has 0 aliphatic heterocycles. The van der Waals surface area contributed by atoms with Gasteiger partial charge in [0.2, 0.25) is 0 Å². The first kappa shape index (κ1) is 15.5. The van der Waals surface area contributed by atoms with Crippen LogP contribution in [0.25, 0.3) is 0 Å². The molecule has 0 unspecified atom stereocenters. The average molecular weight is 252 g/mol. The Kier molecular flexibility index (Phi) is 6.17. The lowest BCUT2D eigenvalue weighted by atomic mass is 9.69. The van der Waals surface area contributed by atoms with Gasteiger partial charge < -0.3 is 5.73 Å². The highest BCUT2D eigenvalue weighted by molar-refractivity contribution is 5.76. The van der Waals surface area contributed by atoms with Gasteiger partial charge in [0.25, 0.3) is 0 Å². The van der Waals surface area contributed by atoms with E-state index < -0.39 is 0 Å². The van der Waals surface area contributed by atoms with Gasteiger partial charge in [0, 0.05) is 6.42 Å². The highest BCUT2D eigenvalue weighted by Crippen LogP contribution is 2.41. The van der Waals surface area contributed by atoms with Crippen LogP contribution in [0.1, 0.15) is 78.6 Å². The van der Waals surface area contributed by atoms with E-state index in [1.54, 1.807) is 0 Å². The molecular formula is C16H32N2. The van der Waals surface area contributed by atoms with E-state index in [-0.39, 0.29) is 0 Å². The Balaban J connectivity index is 2.07. The fourth-order valence-corrected chi connectivity index (χ4v) is 3.24. The highest BCUT2D eigenvalue weighted by Gasteiger charge is 2.29. The maximum Gasteiger partial charge on any atom is 0.0905 e. The largest absolute Gasteiger partial charge is 0.388 e. The van der Waals surface area contributed by atoms with Crippen molar-refractivity contribution in [3.63, 3.8) is 0 Å². The third-order valence-corrected chi connectivity index (χ3v) is 4.63. The minimum atomic E-state index is 0.348. The molecule has 0 spiro atoms. The number of rotatable bonds is 6. The van der Waals surface area contributed by atoms with Crippen LogP contribution < -0.4 is 5.73 Å². The molecule has 2 nitrogen and oxygen atoms in total. The van der Waals surface area contributed by atoms with Gasteiger partial charge in [-0.25, -0.2) is 0 Å². The first-order valence-corrected chi connectivity index (χ1v) is 7.72. The van der Waals surface area contributed by atoms with Gasteiger partial charge in [-0.3, -0.25) is 5.41 Å². The Morgan fingerprint density at radius 1 is 1.06 bits per heavy atom. The standard InChI is InChI=1S/C16H32N2/c1-16(2,3)14-11-9-13(10-12-14)7-5-4-6-8-15(17)18/h13-14H,4-12H2,1-3H3,(H3,17,18). The number of hydrogen-bond acceptors (Lipinski definition) is 1. The van der Waals surface area contributed by atoms with E-state index in [1.165, 1.54) is 44.9 Å². The molecule has 106 valence electrons. The zero-order chi connectivity index (χ0) is 13.6. The zero-order valence-corrected chi connectivity index (χ0v) is 12.6. The molecule has 1 rings (SSSR count). The molecule has 18 heavy (non-hydrogen) atoms. The second-order valence-electron chi connectivity index (χ2n) is 7.21. The molecule has 1 saturated carbocycles. The van der Waals surface area contributed by atoms with Crippen LogP contribution in [0.15, 0.2) is 0 Å². The summed E-state index contributed by atoms with van der Waals surface area (Å²) < 4.78 is 0. The first-order valence-electron chi connectivity index (χ1n) is 7.72. The Morgan fingerprint density at radius 2 is 1.67 bits per heavy atom. The van der Waals surface area contributed by atoms with Crippen molar-refractivity contribution in [2.24, 2.45) is 23.0 Å². The third-order valence-electron chi connectivity index (χ3n) is 4.63. The molecule has 3 N–H and O–H groups in total. The number of nitrogens with one attached hydrogen (secondary N) is 1. The molecular weight excluding hydrogens is 220 g/mol. The monoisotopic (exact) mass is 252 g/mol. The Morgan fingerprint density at radius 3 is 2.17 bits per heavy atom. The van der Waals surface area contributed by atoms with Crippen LogP contribution in [0.5, 0.6) is 0 Å². The van der Waals surface area contributed by atoms with Crippen molar-refractivity contribution in [3.8, 4) is 0 Å². The first-order chi connectivity index (χ1) is 8.39. The lowest BCUT2D eigenvalue weighted by molar-refractivity contribution is 0.145. The van der Waals surface area contributed by atoms with E-state index in [0.29, 0.717) is 11.3 Å². The summed E-state index contributed by atoms with van der Waals surface area (Å²) in [6.45, 7) is 7.17. The molecule has 2 heteroatoms. The van der Waals surface area contributed by atoms with Gasteiger partial charge in [-0.2, -0.15) is 0 Å². The normalized spacial score (nSPS) is 25.1. The van der Waals surface area contributed by atoms with Gasteiger partial charge >= 0.3 is 0 Å². The summed E-state index contributed by atoms with van der Waals surface area (Å²) in [7, 11) is 0. The summed E-state index contributed by atoms with van der Waals surface area (Å²) in [5, 5.41) is 7.18. The zero-order valence-electron chi connectivity index (χ0n) is 12.6. The van der Waals surface area contributed by atoms with Gasteiger partial charge in [0.05, 0.1) is 5.84 Å². The quantitative estimate of drug-likeness (QED) is 0.401. The van der Waals surface area contributed by atoms with Crippen LogP contribution in [0.4, 0.5) is 0 Å². The fraction of sp³-hybridized carbons (Fsp3) is 0.938. The highest BCUT2D eigenvalue weighted by atomic mass is 14.7. The van der Waals surface area contributed by atoms with Crippen LogP contribution >= 0.6 is 0 Å². The van der Waals surface area contributed by atoms with Crippen LogP contribution in [0.3, 0.4) is 0 Å². The van der Waals surface area contributed by atoms with E-state index in [4.69, 9.17) is 11.1 Å². The van der Waals surface area contributed by atoms with Crippen molar-refractivity contribution in [3.05, 3.63) is 0 Å². The van der Waals surface area contributed by atoms with Crippen molar-refractivity contribution >= 4 is 5.84 Å². The van der Waals surface area contributed by atoms with Crippen molar-refractivity contribution in [1.82, 2.24) is 0 Å². The summed E-state index contributed by atoms with van der Waals surface area (Å²) in [5.74, 6) is 2.26. The number of amidine groups is 1. The minimum Gasteiger partial charge on any atom is -0.388 e. The molecule has 0 bridgehead atoms. The van der Waals surface area contributed by atoms with E-state index >= 15 is 0 Å². The second kappa shape index (κ2) is 7.16. The molecule has 0 radical (unpaired) electrons. The molecule has 0 aromatic heterocycles.